The van der Waals surface area contributed by atoms with Crippen molar-refractivity contribution in [2.45, 2.75) is 13.1 Å². The zero-order valence-electron chi connectivity index (χ0n) is 17.4. The Labute approximate surface area is 186 Å². The first-order valence-corrected chi connectivity index (χ1v) is 9.96. The number of halogens is 3. The molecule has 0 aliphatic carbocycles. The van der Waals surface area contributed by atoms with Crippen molar-refractivity contribution in [2.75, 3.05) is 11.9 Å². The maximum atomic E-state index is 13.2. The fraction of sp³-hybridized carbons (Fsp3) is 0.120. The molecular weight excluding hydrogens is 435 g/mol. The van der Waals surface area contributed by atoms with Gasteiger partial charge >= 0.3 is 6.18 Å². The summed E-state index contributed by atoms with van der Waals surface area (Å²) in [4.78, 5) is 25.6. The summed E-state index contributed by atoms with van der Waals surface area (Å²) in [5.74, 6) is -0.923. The van der Waals surface area contributed by atoms with Gasteiger partial charge in [0.25, 0.3) is 5.91 Å². The van der Waals surface area contributed by atoms with E-state index in [-0.39, 0.29) is 16.9 Å². The van der Waals surface area contributed by atoms with Crippen molar-refractivity contribution in [1.29, 1.82) is 0 Å². The lowest BCUT2D eigenvalue weighted by Gasteiger charge is -2.14. The van der Waals surface area contributed by atoms with E-state index in [1.165, 1.54) is 12.1 Å². The normalized spacial score (nSPS) is 11.4. The van der Waals surface area contributed by atoms with Crippen molar-refractivity contribution >= 4 is 22.6 Å². The molecule has 8 heteroatoms. The van der Waals surface area contributed by atoms with E-state index in [0.29, 0.717) is 11.1 Å². The average Bonchev–Trinajstić information content (AvgIpc) is 2.79. The Balaban J connectivity index is 1.67. The van der Waals surface area contributed by atoms with Gasteiger partial charge in [-0.05, 0) is 31.2 Å². The minimum Gasteiger partial charge on any atom is -0.476 e. The van der Waals surface area contributed by atoms with Gasteiger partial charge in [-0.15, -0.1) is 0 Å². The molecule has 0 fully saturated rings. The molecule has 3 aromatic carbocycles. The van der Waals surface area contributed by atoms with Crippen molar-refractivity contribution in [3.63, 3.8) is 0 Å². The number of aryl methyl sites for hydroxylation is 1. The molecule has 1 N–H and O–H groups in total. The van der Waals surface area contributed by atoms with Crippen molar-refractivity contribution in [2.24, 2.45) is 0 Å². The highest BCUT2D eigenvalue weighted by molar-refractivity contribution is 5.93. The van der Waals surface area contributed by atoms with E-state index in [4.69, 9.17) is 9.15 Å². The maximum absolute atomic E-state index is 13.2. The fourth-order valence-electron chi connectivity index (χ4n) is 3.37. The van der Waals surface area contributed by atoms with Gasteiger partial charge in [0.1, 0.15) is 5.58 Å². The number of nitrogens with one attached hydrogen (secondary N) is 1. The van der Waals surface area contributed by atoms with E-state index in [0.717, 1.165) is 17.7 Å². The standard InChI is InChI=1S/C25H18F3NO4/c1-15-11-12-20-17(13-15)22(31)24(23(33-20)16-7-3-2-4-8-16)32-14-21(30)29-19-10-6-5-9-18(19)25(26,27)28/h2-13H,14H2,1H3,(H,29,30). The molecule has 1 amide bonds. The third kappa shape index (κ3) is 4.74. The highest BCUT2D eigenvalue weighted by Crippen LogP contribution is 2.35. The van der Waals surface area contributed by atoms with Gasteiger partial charge in [-0.1, -0.05) is 54.1 Å². The Morgan fingerprint density at radius 3 is 2.42 bits per heavy atom. The van der Waals surface area contributed by atoms with Crippen LogP contribution in [0.5, 0.6) is 5.75 Å². The van der Waals surface area contributed by atoms with Crippen molar-refractivity contribution in [1.82, 2.24) is 0 Å². The second kappa shape index (κ2) is 8.82. The minimum atomic E-state index is -4.64. The van der Waals surface area contributed by atoms with Crippen molar-refractivity contribution < 1.29 is 27.1 Å². The molecule has 0 aliphatic heterocycles. The Kier molecular flexibility index (Phi) is 5.91. The number of benzene rings is 3. The van der Waals surface area contributed by atoms with Crippen LogP contribution in [0.2, 0.25) is 0 Å². The lowest BCUT2D eigenvalue weighted by atomic mass is 10.1. The SMILES string of the molecule is Cc1ccc2oc(-c3ccccc3)c(OCC(=O)Nc3ccccc3C(F)(F)F)c(=O)c2c1. The van der Waals surface area contributed by atoms with Crippen molar-refractivity contribution in [3.05, 3.63) is 94.1 Å². The molecule has 4 rings (SSSR count). The van der Waals surface area contributed by atoms with Gasteiger partial charge in [-0.2, -0.15) is 13.2 Å². The predicted octanol–water partition coefficient (Wildman–Crippen LogP) is 5.80. The molecule has 0 saturated heterocycles. The van der Waals surface area contributed by atoms with Crippen LogP contribution < -0.4 is 15.5 Å². The summed E-state index contributed by atoms with van der Waals surface area (Å²) >= 11 is 0. The zero-order valence-corrected chi connectivity index (χ0v) is 17.4. The summed E-state index contributed by atoms with van der Waals surface area (Å²) in [6, 6.07) is 18.4. The van der Waals surface area contributed by atoms with Gasteiger partial charge in [0.15, 0.2) is 12.4 Å². The van der Waals surface area contributed by atoms with Gasteiger partial charge in [0, 0.05) is 5.56 Å². The summed E-state index contributed by atoms with van der Waals surface area (Å²) in [5.41, 5.74) is -0.140. The summed E-state index contributed by atoms with van der Waals surface area (Å²) in [7, 11) is 0. The molecule has 0 saturated carbocycles. The highest BCUT2D eigenvalue weighted by Gasteiger charge is 2.33. The molecule has 0 aliphatic rings. The highest BCUT2D eigenvalue weighted by atomic mass is 19.4. The summed E-state index contributed by atoms with van der Waals surface area (Å²) < 4.78 is 51.0. The number of fused-ring (bicyclic) bond motifs is 1. The number of amides is 1. The topological polar surface area (TPSA) is 68.5 Å². The van der Waals surface area contributed by atoms with Crippen LogP contribution in [-0.4, -0.2) is 12.5 Å². The number of para-hydroxylation sites is 1. The third-order valence-corrected chi connectivity index (χ3v) is 4.89. The van der Waals surface area contributed by atoms with E-state index in [2.05, 4.69) is 5.32 Å². The van der Waals surface area contributed by atoms with Crippen LogP contribution in [0.3, 0.4) is 0 Å². The molecule has 0 unspecified atom stereocenters. The van der Waals surface area contributed by atoms with Gasteiger partial charge in [0.05, 0.1) is 16.6 Å². The van der Waals surface area contributed by atoms with Crippen LogP contribution in [0.25, 0.3) is 22.3 Å². The van der Waals surface area contributed by atoms with E-state index >= 15 is 0 Å². The molecule has 0 radical (unpaired) electrons. The van der Waals surface area contributed by atoms with Crippen LogP contribution in [0.15, 0.2) is 82.0 Å². The molecule has 168 valence electrons. The Bertz CT molecular complexity index is 1380. The number of anilines is 1. The quantitative estimate of drug-likeness (QED) is 0.414. The smallest absolute Gasteiger partial charge is 0.418 e. The van der Waals surface area contributed by atoms with Crippen molar-refractivity contribution in [3.8, 4) is 17.1 Å². The van der Waals surface area contributed by atoms with Gasteiger partial charge in [-0.25, -0.2) is 0 Å². The Morgan fingerprint density at radius 2 is 1.70 bits per heavy atom. The number of alkyl halides is 3. The second-order valence-electron chi connectivity index (χ2n) is 7.34. The fourth-order valence-corrected chi connectivity index (χ4v) is 3.37. The van der Waals surface area contributed by atoms with Gasteiger partial charge < -0.3 is 14.5 Å². The molecule has 5 nitrogen and oxygen atoms in total. The first-order valence-electron chi connectivity index (χ1n) is 9.96. The Morgan fingerprint density at radius 1 is 1.00 bits per heavy atom. The van der Waals surface area contributed by atoms with E-state index < -0.39 is 35.4 Å². The number of rotatable bonds is 5. The van der Waals surface area contributed by atoms with E-state index in [9.17, 15) is 22.8 Å². The van der Waals surface area contributed by atoms with Gasteiger partial charge in [0.2, 0.25) is 11.2 Å². The predicted molar refractivity (Wildman–Crippen MR) is 118 cm³/mol. The largest absolute Gasteiger partial charge is 0.476 e. The maximum Gasteiger partial charge on any atom is 0.418 e. The molecule has 1 heterocycles. The van der Waals surface area contributed by atoms with Gasteiger partial charge in [-0.3, -0.25) is 9.59 Å². The van der Waals surface area contributed by atoms with Crippen LogP contribution in [0, 0.1) is 6.92 Å². The first kappa shape index (κ1) is 22.1. The molecule has 0 bridgehead atoms. The molecule has 0 atom stereocenters. The number of hydrogen-bond donors (Lipinski definition) is 1. The van der Waals surface area contributed by atoms with E-state index in [1.807, 2.05) is 6.92 Å². The third-order valence-electron chi connectivity index (χ3n) is 4.89. The van der Waals surface area contributed by atoms with E-state index in [1.54, 1.807) is 48.5 Å². The number of carbonyl (C=O) groups excluding carboxylic acids is 1. The number of hydrogen-bond acceptors (Lipinski definition) is 4. The minimum absolute atomic E-state index is 0.125. The van der Waals surface area contributed by atoms with Crippen LogP contribution in [-0.2, 0) is 11.0 Å². The molecule has 0 spiro atoms. The monoisotopic (exact) mass is 453 g/mol. The molecule has 33 heavy (non-hydrogen) atoms. The second-order valence-corrected chi connectivity index (χ2v) is 7.34. The number of carbonyl (C=O) groups is 1. The Hall–Kier alpha value is -4.07. The molecule has 1 aromatic heterocycles. The summed E-state index contributed by atoms with van der Waals surface area (Å²) in [6.45, 7) is 1.13. The summed E-state index contributed by atoms with van der Waals surface area (Å²) in [6.07, 6.45) is -4.64. The molecular formula is C25H18F3NO4. The number of ether oxygens (including phenoxy) is 1. The van der Waals surface area contributed by atoms with Crippen LogP contribution in [0.4, 0.5) is 18.9 Å². The average molecular weight is 453 g/mol. The van der Waals surface area contributed by atoms with Crippen LogP contribution in [0.1, 0.15) is 11.1 Å². The summed E-state index contributed by atoms with van der Waals surface area (Å²) in [5, 5.41) is 2.47. The lowest BCUT2D eigenvalue weighted by Crippen LogP contribution is -2.24. The zero-order chi connectivity index (χ0) is 23.6. The first-order chi connectivity index (χ1) is 15.7. The lowest BCUT2D eigenvalue weighted by molar-refractivity contribution is -0.137. The molecule has 4 aromatic rings. The van der Waals surface area contributed by atoms with Crippen LogP contribution >= 0.6 is 0 Å².